The van der Waals surface area contributed by atoms with Crippen molar-refractivity contribution in [1.82, 2.24) is 9.80 Å². The number of ether oxygens (including phenoxy) is 1. The van der Waals surface area contributed by atoms with E-state index < -0.39 is 30.0 Å². The van der Waals surface area contributed by atoms with Gasteiger partial charge in [0.05, 0.1) is 0 Å². The average molecular weight is 619 g/mol. The van der Waals surface area contributed by atoms with Crippen LogP contribution in [0.1, 0.15) is 56.4 Å². The number of carbonyl (C=O) groups excluding carboxylic acids is 3. The van der Waals surface area contributed by atoms with Crippen LogP contribution in [0.5, 0.6) is 0 Å². The van der Waals surface area contributed by atoms with Gasteiger partial charge in [-0.1, -0.05) is 29.8 Å². The van der Waals surface area contributed by atoms with Crippen LogP contribution in [0.15, 0.2) is 60.7 Å². The SMILES string of the molecule is Cc1ccccc1C(=O)Nc1ccc(C(=O)C(C(=O)OC2CCCNc3ccc(Cl)cc32)N2CCN(C(=O)O)CC2)c(C)c1. The molecule has 1 fully saturated rings. The van der Waals surface area contributed by atoms with Crippen LogP contribution < -0.4 is 10.6 Å². The number of carboxylic acid groups (broad SMARTS) is 1. The molecule has 0 saturated carbocycles. The molecule has 2 aliphatic rings. The number of aryl methyl sites for hydroxylation is 2. The molecule has 3 N–H and O–H groups in total. The maximum atomic E-state index is 14.1. The van der Waals surface area contributed by atoms with Gasteiger partial charge in [0.25, 0.3) is 5.91 Å². The minimum absolute atomic E-state index is 0.154. The molecule has 0 radical (unpaired) electrons. The molecular weight excluding hydrogens is 584 g/mol. The van der Waals surface area contributed by atoms with E-state index >= 15 is 0 Å². The summed E-state index contributed by atoms with van der Waals surface area (Å²) in [5.41, 5.74) is 4.36. The summed E-state index contributed by atoms with van der Waals surface area (Å²) in [6, 6.07) is 16.3. The lowest BCUT2D eigenvalue weighted by Gasteiger charge is -2.37. The highest BCUT2D eigenvalue weighted by Gasteiger charge is 2.39. The molecule has 5 rings (SSSR count). The molecule has 2 unspecified atom stereocenters. The fourth-order valence-corrected chi connectivity index (χ4v) is 5.92. The summed E-state index contributed by atoms with van der Waals surface area (Å²) in [7, 11) is 0. The summed E-state index contributed by atoms with van der Waals surface area (Å²) in [5, 5.41) is 16.2. The number of carbonyl (C=O) groups is 4. The van der Waals surface area contributed by atoms with E-state index in [1.54, 1.807) is 54.3 Å². The first kappa shape index (κ1) is 31.0. The third-order valence-corrected chi connectivity index (χ3v) is 8.37. The van der Waals surface area contributed by atoms with Crippen molar-refractivity contribution < 1.29 is 29.0 Å². The van der Waals surface area contributed by atoms with Crippen LogP contribution >= 0.6 is 11.6 Å². The van der Waals surface area contributed by atoms with Crippen LogP contribution in [0.3, 0.4) is 0 Å². The Morgan fingerprint density at radius 3 is 2.41 bits per heavy atom. The number of ketones is 1. The second-order valence-corrected chi connectivity index (χ2v) is 11.5. The van der Waals surface area contributed by atoms with Crippen LogP contribution in [0.25, 0.3) is 0 Å². The fraction of sp³-hybridized carbons (Fsp3) is 0.333. The topological polar surface area (TPSA) is 128 Å². The molecular formula is C33H35ClN4O6. The van der Waals surface area contributed by atoms with Crippen molar-refractivity contribution in [3.05, 3.63) is 93.5 Å². The third-order valence-electron chi connectivity index (χ3n) is 8.14. The first-order chi connectivity index (χ1) is 21.1. The van der Waals surface area contributed by atoms with E-state index in [0.717, 1.165) is 23.2 Å². The van der Waals surface area contributed by atoms with E-state index in [1.807, 2.05) is 25.1 Å². The molecule has 11 heteroatoms. The zero-order valence-electron chi connectivity index (χ0n) is 24.6. The van der Waals surface area contributed by atoms with E-state index in [0.29, 0.717) is 40.4 Å². The highest BCUT2D eigenvalue weighted by Crippen LogP contribution is 2.35. The van der Waals surface area contributed by atoms with Crippen LogP contribution in [0.2, 0.25) is 5.02 Å². The van der Waals surface area contributed by atoms with Crippen molar-refractivity contribution in [2.45, 2.75) is 38.8 Å². The lowest BCUT2D eigenvalue weighted by Crippen LogP contribution is -2.56. The van der Waals surface area contributed by atoms with E-state index in [4.69, 9.17) is 16.3 Å². The van der Waals surface area contributed by atoms with Crippen molar-refractivity contribution in [3.63, 3.8) is 0 Å². The van der Waals surface area contributed by atoms with Gasteiger partial charge < -0.3 is 25.4 Å². The molecule has 3 aromatic carbocycles. The molecule has 2 atom stereocenters. The fourth-order valence-electron chi connectivity index (χ4n) is 5.74. The number of nitrogens with one attached hydrogen (secondary N) is 2. The Hall–Kier alpha value is -4.41. The Kier molecular flexibility index (Phi) is 9.51. The van der Waals surface area contributed by atoms with Crippen LogP contribution in [-0.4, -0.2) is 77.4 Å². The minimum Gasteiger partial charge on any atom is -0.465 e. The largest absolute Gasteiger partial charge is 0.465 e. The predicted octanol–water partition coefficient (Wildman–Crippen LogP) is 5.55. The van der Waals surface area contributed by atoms with Crippen molar-refractivity contribution >= 4 is 46.7 Å². The number of Topliss-reactive ketones (excluding diaryl/α,β-unsaturated/α-hetero) is 1. The molecule has 3 aromatic rings. The minimum atomic E-state index is -1.28. The van der Waals surface area contributed by atoms with Gasteiger partial charge in [0.2, 0.25) is 0 Å². The van der Waals surface area contributed by atoms with E-state index in [2.05, 4.69) is 10.6 Å². The van der Waals surface area contributed by atoms with Gasteiger partial charge in [-0.15, -0.1) is 0 Å². The van der Waals surface area contributed by atoms with Gasteiger partial charge in [-0.05, 0) is 80.3 Å². The number of halogens is 1. The summed E-state index contributed by atoms with van der Waals surface area (Å²) in [5.74, 6) is -1.42. The molecule has 0 spiro atoms. The maximum absolute atomic E-state index is 14.1. The number of piperazine rings is 1. The smallest absolute Gasteiger partial charge is 0.407 e. The number of benzene rings is 3. The molecule has 230 valence electrons. The molecule has 2 aliphatic heterocycles. The molecule has 44 heavy (non-hydrogen) atoms. The second kappa shape index (κ2) is 13.5. The number of amides is 2. The van der Waals surface area contributed by atoms with Gasteiger partial charge in [-0.2, -0.15) is 0 Å². The normalized spacial score (nSPS) is 17.4. The van der Waals surface area contributed by atoms with Crippen molar-refractivity contribution in [1.29, 1.82) is 0 Å². The Labute approximate surface area is 260 Å². The summed E-state index contributed by atoms with van der Waals surface area (Å²) < 4.78 is 6.07. The van der Waals surface area contributed by atoms with Gasteiger partial charge in [0.15, 0.2) is 11.8 Å². The lowest BCUT2D eigenvalue weighted by atomic mass is 9.97. The van der Waals surface area contributed by atoms with Gasteiger partial charge in [-0.25, -0.2) is 9.59 Å². The van der Waals surface area contributed by atoms with Crippen molar-refractivity contribution in [2.75, 3.05) is 43.4 Å². The quantitative estimate of drug-likeness (QED) is 0.179. The Morgan fingerprint density at radius 1 is 0.955 bits per heavy atom. The average Bonchev–Trinajstić information content (AvgIpc) is 3.19. The Bertz CT molecular complexity index is 1590. The number of anilines is 2. The summed E-state index contributed by atoms with van der Waals surface area (Å²) in [6.07, 6.45) is -0.362. The van der Waals surface area contributed by atoms with Gasteiger partial charge >= 0.3 is 12.1 Å². The monoisotopic (exact) mass is 618 g/mol. The zero-order chi connectivity index (χ0) is 31.4. The number of rotatable bonds is 7. The lowest BCUT2D eigenvalue weighted by molar-refractivity contribution is -0.154. The standard InChI is InChI=1S/C33H35ClN4O6/c1-20-6-3-4-7-25(20)31(40)36-23-10-11-24(21(2)18-23)30(39)29(37-14-16-38(17-15-37)33(42)43)32(41)44-28-8-5-13-35-27-12-9-22(34)19-26(27)28/h3-4,6-7,9-12,18-19,28-29,35H,5,8,13-17H2,1-2H3,(H,36,40)(H,42,43). The van der Waals surface area contributed by atoms with E-state index in [1.165, 1.54) is 4.90 Å². The first-order valence-corrected chi connectivity index (χ1v) is 15.0. The van der Waals surface area contributed by atoms with Crippen LogP contribution in [0.4, 0.5) is 16.2 Å². The second-order valence-electron chi connectivity index (χ2n) is 11.1. The molecule has 1 saturated heterocycles. The van der Waals surface area contributed by atoms with Crippen LogP contribution in [0, 0.1) is 13.8 Å². The summed E-state index contributed by atoms with van der Waals surface area (Å²) in [6.45, 7) is 5.00. The first-order valence-electron chi connectivity index (χ1n) is 14.6. The summed E-state index contributed by atoms with van der Waals surface area (Å²) in [4.78, 5) is 55.4. The molecule has 0 bridgehead atoms. The Balaban J connectivity index is 1.40. The highest BCUT2D eigenvalue weighted by atomic mass is 35.5. The zero-order valence-corrected chi connectivity index (χ0v) is 25.4. The van der Waals surface area contributed by atoms with E-state index in [-0.39, 0.29) is 32.1 Å². The van der Waals surface area contributed by atoms with Gasteiger partial charge in [-0.3, -0.25) is 14.5 Å². The molecule has 10 nitrogen and oxygen atoms in total. The molecule has 2 heterocycles. The molecule has 0 aliphatic carbocycles. The molecule has 0 aromatic heterocycles. The van der Waals surface area contributed by atoms with Gasteiger partial charge in [0.1, 0.15) is 6.10 Å². The Morgan fingerprint density at radius 2 is 1.70 bits per heavy atom. The number of esters is 1. The molecule has 2 amide bonds. The predicted molar refractivity (Wildman–Crippen MR) is 168 cm³/mol. The highest BCUT2D eigenvalue weighted by molar-refractivity contribution is 6.30. The van der Waals surface area contributed by atoms with Crippen molar-refractivity contribution in [2.24, 2.45) is 0 Å². The number of hydrogen-bond donors (Lipinski definition) is 3. The van der Waals surface area contributed by atoms with E-state index in [9.17, 15) is 24.3 Å². The number of fused-ring (bicyclic) bond motifs is 1. The maximum Gasteiger partial charge on any atom is 0.407 e. The third kappa shape index (κ3) is 6.87. The van der Waals surface area contributed by atoms with Gasteiger partial charge in [0, 0.05) is 65.8 Å². The number of nitrogens with zero attached hydrogens (tertiary/aromatic N) is 2. The van der Waals surface area contributed by atoms with Crippen LogP contribution in [-0.2, 0) is 9.53 Å². The number of hydrogen-bond acceptors (Lipinski definition) is 7. The summed E-state index contributed by atoms with van der Waals surface area (Å²) >= 11 is 6.28. The van der Waals surface area contributed by atoms with Crippen molar-refractivity contribution in [3.8, 4) is 0 Å².